The summed E-state index contributed by atoms with van der Waals surface area (Å²) in [5.74, 6) is 0.904. The van der Waals surface area contributed by atoms with Gasteiger partial charge in [-0.1, -0.05) is 66.7 Å². The number of methoxy groups -OCH3 is 2. The van der Waals surface area contributed by atoms with Gasteiger partial charge in [-0.25, -0.2) is 0 Å². The molecule has 1 aromatic heterocycles. The highest BCUT2D eigenvalue weighted by Crippen LogP contribution is 2.37. The largest absolute Gasteiger partial charge is 0.493 e. The molecule has 0 spiro atoms. The zero-order chi connectivity index (χ0) is 29.5. The summed E-state index contributed by atoms with van der Waals surface area (Å²) in [6.45, 7) is 1.06. The van der Waals surface area contributed by atoms with E-state index in [2.05, 4.69) is 22.0 Å². The van der Waals surface area contributed by atoms with Crippen LogP contribution in [0.15, 0.2) is 103 Å². The van der Waals surface area contributed by atoms with E-state index in [0.717, 1.165) is 33.2 Å². The van der Waals surface area contributed by atoms with E-state index < -0.39 is 0 Å². The molecule has 0 fully saturated rings. The van der Waals surface area contributed by atoms with Crippen LogP contribution in [-0.2, 0) is 17.8 Å². The monoisotopic (exact) mass is 563 g/mol. The first-order chi connectivity index (χ1) is 20.5. The molecule has 0 aliphatic carbocycles. The second-order valence-corrected chi connectivity index (χ2v) is 10.1. The highest BCUT2D eigenvalue weighted by atomic mass is 16.6. The Balaban J connectivity index is 1.43. The van der Waals surface area contributed by atoms with Gasteiger partial charge in [-0.2, -0.15) is 0 Å². The fraction of sp³-hybridized carbons (Fsp3) is 0.206. The van der Waals surface area contributed by atoms with E-state index in [1.807, 2.05) is 72.9 Å². The Morgan fingerprint density at radius 3 is 2.29 bits per heavy atom. The number of nitro groups is 1. The number of benzene rings is 4. The van der Waals surface area contributed by atoms with Crippen LogP contribution in [0.25, 0.3) is 10.9 Å². The van der Waals surface area contributed by atoms with Crippen molar-refractivity contribution in [3.05, 3.63) is 136 Å². The number of carbonyl (C=O) groups is 1. The van der Waals surface area contributed by atoms with Gasteiger partial charge < -0.3 is 19.4 Å². The normalized spacial score (nSPS) is 11.7. The van der Waals surface area contributed by atoms with Crippen LogP contribution < -0.4 is 14.8 Å². The summed E-state index contributed by atoms with van der Waals surface area (Å²) in [6.07, 6.45) is 2.86. The van der Waals surface area contributed by atoms with Gasteiger partial charge in [0.1, 0.15) is 0 Å². The molecule has 1 unspecified atom stereocenters. The van der Waals surface area contributed by atoms with E-state index in [4.69, 9.17) is 9.47 Å². The Morgan fingerprint density at radius 2 is 1.60 bits per heavy atom. The number of nitrogens with zero attached hydrogens (tertiary/aromatic N) is 2. The molecule has 214 valence electrons. The maximum atomic E-state index is 13.4. The fourth-order valence-electron chi connectivity index (χ4n) is 5.35. The standard InChI is InChI=1S/C34H33N3O5/c1-41-32-16-13-24(19-33(32)42-2)17-18-35-34(38)21-28(26-11-7-4-8-12-26)30-23-36(22-25-9-5-3-6-10-25)31-15-14-27(37(39)40)20-29(30)31/h3-16,19-20,23,28H,17-18,21-22H2,1-2H3,(H,35,38). The molecule has 8 heteroatoms. The smallest absolute Gasteiger partial charge is 0.270 e. The van der Waals surface area contributed by atoms with Crippen molar-refractivity contribution in [2.45, 2.75) is 25.3 Å². The molecule has 0 aliphatic heterocycles. The zero-order valence-corrected chi connectivity index (χ0v) is 23.7. The summed E-state index contributed by atoms with van der Waals surface area (Å²) in [7, 11) is 3.19. The average Bonchev–Trinajstić information content (AvgIpc) is 3.37. The molecule has 0 saturated heterocycles. The zero-order valence-electron chi connectivity index (χ0n) is 23.7. The lowest BCUT2D eigenvalue weighted by molar-refractivity contribution is -0.384. The van der Waals surface area contributed by atoms with Crippen molar-refractivity contribution in [1.82, 2.24) is 9.88 Å². The Bertz CT molecular complexity index is 1680. The molecule has 1 heterocycles. The van der Waals surface area contributed by atoms with Gasteiger partial charge in [0, 0.05) is 54.7 Å². The van der Waals surface area contributed by atoms with E-state index >= 15 is 0 Å². The summed E-state index contributed by atoms with van der Waals surface area (Å²) < 4.78 is 12.8. The molecular weight excluding hydrogens is 530 g/mol. The maximum Gasteiger partial charge on any atom is 0.270 e. The number of carbonyl (C=O) groups excluding carboxylic acids is 1. The fourth-order valence-corrected chi connectivity index (χ4v) is 5.35. The number of nitrogens with one attached hydrogen (secondary N) is 1. The molecule has 0 bridgehead atoms. The van der Waals surface area contributed by atoms with E-state index in [9.17, 15) is 14.9 Å². The Labute approximate surface area is 244 Å². The average molecular weight is 564 g/mol. The number of ether oxygens (including phenoxy) is 2. The lowest BCUT2D eigenvalue weighted by Gasteiger charge is -2.17. The van der Waals surface area contributed by atoms with Crippen molar-refractivity contribution in [2.75, 3.05) is 20.8 Å². The minimum Gasteiger partial charge on any atom is -0.493 e. The van der Waals surface area contributed by atoms with Crippen LogP contribution in [0.1, 0.15) is 34.6 Å². The number of amides is 1. The predicted octanol–water partition coefficient (Wildman–Crippen LogP) is 6.50. The van der Waals surface area contributed by atoms with E-state index in [1.165, 1.54) is 6.07 Å². The second-order valence-electron chi connectivity index (χ2n) is 10.1. The molecule has 42 heavy (non-hydrogen) atoms. The van der Waals surface area contributed by atoms with Crippen LogP contribution in [0.4, 0.5) is 5.69 Å². The van der Waals surface area contributed by atoms with Crippen molar-refractivity contribution in [3.63, 3.8) is 0 Å². The summed E-state index contributed by atoms with van der Waals surface area (Å²) in [6, 6.07) is 30.6. The molecule has 1 amide bonds. The van der Waals surface area contributed by atoms with Crippen molar-refractivity contribution in [3.8, 4) is 11.5 Å². The van der Waals surface area contributed by atoms with Gasteiger partial charge in [-0.3, -0.25) is 14.9 Å². The van der Waals surface area contributed by atoms with Crippen molar-refractivity contribution < 1.29 is 19.2 Å². The lowest BCUT2D eigenvalue weighted by atomic mass is 9.88. The van der Waals surface area contributed by atoms with Crippen LogP contribution >= 0.6 is 0 Å². The van der Waals surface area contributed by atoms with Crippen LogP contribution in [-0.4, -0.2) is 36.2 Å². The molecular formula is C34H33N3O5. The number of fused-ring (bicyclic) bond motifs is 1. The maximum absolute atomic E-state index is 13.4. The Hall–Kier alpha value is -5.11. The molecule has 0 radical (unpaired) electrons. The molecule has 8 nitrogen and oxygen atoms in total. The van der Waals surface area contributed by atoms with E-state index in [-0.39, 0.29) is 28.9 Å². The van der Waals surface area contributed by atoms with Gasteiger partial charge in [0.05, 0.1) is 19.1 Å². The summed E-state index contributed by atoms with van der Waals surface area (Å²) in [4.78, 5) is 24.7. The van der Waals surface area contributed by atoms with Gasteiger partial charge in [-0.05, 0) is 46.9 Å². The molecule has 5 rings (SSSR count). The second kappa shape index (κ2) is 13.0. The number of hydrogen-bond acceptors (Lipinski definition) is 5. The summed E-state index contributed by atoms with van der Waals surface area (Å²) >= 11 is 0. The third-order valence-corrected chi connectivity index (χ3v) is 7.45. The SMILES string of the molecule is COc1ccc(CCNC(=O)CC(c2ccccc2)c2cn(Cc3ccccc3)c3ccc([N+](=O)[O-])cc23)cc1OC. The summed E-state index contributed by atoms with van der Waals surface area (Å²) in [5.41, 5.74) is 4.89. The number of non-ortho nitro benzene ring substituents is 1. The Kier molecular flexibility index (Phi) is 8.82. The molecule has 0 aliphatic rings. The molecule has 5 aromatic rings. The summed E-state index contributed by atoms with van der Waals surface area (Å²) in [5, 5.41) is 15.5. The van der Waals surface area contributed by atoms with Gasteiger partial charge in [0.15, 0.2) is 11.5 Å². The van der Waals surface area contributed by atoms with Gasteiger partial charge in [-0.15, -0.1) is 0 Å². The van der Waals surface area contributed by atoms with Gasteiger partial charge in [0.2, 0.25) is 5.91 Å². The number of nitro benzene ring substituents is 1. The number of aromatic nitrogens is 1. The molecule has 1 N–H and O–H groups in total. The molecule has 4 aromatic carbocycles. The first kappa shape index (κ1) is 28.4. The number of hydrogen-bond donors (Lipinski definition) is 1. The van der Waals surface area contributed by atoms with E-state index in [0.29, 0.717) is 31.0 Å². The van der Waals surface area contributed by atoms with Crippen molar-refractivity contribution in [2.24, 2.45) is 0 Å². The topological polar surface area (TPSA) is 95.6 Å². The third kappa shape index (κ3) is 6.44. The van der Waals surface area contributed by atoms with Crippen LogP contribution in [0.3, 0.4) is 0 Å². The molecule has 0 saturated carbocycles. The first-order valence-corrected chi connectivity index (χ1v) is 13.8. The van der Waals surface area contributed by atoms with Crippen molar-refractivity contribution >= 4 is 22.5 Å². The highest BCUT2D eigenvalue weighted by Gasteiger charge is 2.24. The minimum absolute atomic E-state index is 0.0207. The minimum atomic E-state index is -0.379. The van der Waals surface area contributed by atoms with Gasteiger partial charge in [0.25, 0.3) is 5.69 Å². The van der Waals surface area contributed by atoms with Crippen molar-refractivity contribution in [1.29, 1.82) is 0 Å². The van der Waals surface area contributed by atoms with Crippen LogP contribution in [0.2, 0.25) is 0 Å². The molecule has 1 atom stereocenters. The highest BCUT2D eigenvalue weighted by molar-refractivity contribution is 5.88. The van der Waals surface area contributed by atoms with Crippen LogP contribution in [0, 0.1) is 10.1 Å². The number of rotatable bonds is 12. The van der Waals surface area contributed by atoms with Gasteiger partial charge >= 0.3 is 0 Å². The quantitative estimate of drug-likeness (QED) is 0.138. The Morgan fingerprint density at radius 1 is 0.881 bits per heavy atom. The lowest BCUT2D eigenvalue weighted by Crippen LogP contribution is -2.27. The predicted molar refractivity (Wildman–Crippen MR) is 163 cm³/mol. The first-order valence-electron chi connectivity index (χ1n) is 13.8. The van der Waals surface area contributed by atoms with E-state index in [1.54, 1.807) is 26.4 Å². The third-order valence-electron chi connectivity index (χ3n) is 7.45. The van der Waals surface area contributed by atoms with Crippen LogP contribution in [0.5, 0.6) is 11.5 Å².